The van der Waals surface area contributed by atoms with Crippen molar-refractivity contribution in [3.05, 3.63) is 58.8 Å². The molecule has 3 aromatic rings. The van der Waals surface area contributed by atoms with Crippen LogP contribution in [0.15, 0.2) is 36.4 Å². The molecule has 0 radical (unpaired) electrons. The minimum atomic E-state index is 0.347. The number of nitrogens with zero attached hydrogens (tertiary/aromatic N) is 2. The van der Waals surface area contributed by atoms with E-state index in [1.54, 1.807) is 0 Å². The SMILES string of the molecule is Cn1c2c(c3ccccc31)C[C@H]1c3cc4c(cc3CCN1C2)OCO4. The number of hydrogen-bond donors (Lipinski definition) is 0. The summed E-state index contributed by atoms with van der Waals surface area (Å²) >= 11 is 0. The number of fused-ring (bicyclic) bond motifs is 7. The van der Waals surface area contributed by atoms with Crippen LogP contribution in [0, 0.1) is 0 Å². The summed E-state index contributed by atoms with van der Waals surface area (Å²) in [4.78, 5) is 2.63. The molecule has 0 saturated heterocycles. The summed E-state index contributed by atoms with van der Waals surface area (Å²) in [6, 6.07) is 13.7. The van der Waals surface area contributed by atoms with Gasteiger partial charge in [0.1, 0.15) is 0 Å². The van der Waals surface area contributed by atoms with E-state index < -0.39 is 0 Å². The van der Waals surface area contributed by atoms with Crippen LogP contribution in [0.4, 0.5) is 0 Å². The molecule has 0 fully saturated rings. The van der Waals surface area contributed by atoms with Crippen molar-refractivity contribution in [1.29, 1.82) is 0 Å². The van der Waals surface area contributed by atoms with Gasteiger partial charge >= 0.3 is 0 Å². The minimum absolute atomic E-state index is 0.347. The van der Waals surface area contributed by atoms with E-state index in [1.807, 2.05) is 0 Å². The Balaban J connectivity index is 1.51. The van der Waals surface area contributed by atoms with Gasteiger partial charge in [-0.05, 0) is 47.7 Å². The quantitative estimate of drug-likeness (QED) is 0.630. The molecular formula is C21H20N2O2. The van der Waals surface area contributed by atoms with Crippen LogP contribution in [-0.4, -0.2) is 22.8 Å². The van der Waals surface area contributed by atoms with Crippen LogP contribution in [0.3, 0.4) is 0 Å². The third-order valence-electron chi connectivity index (χ3n) is 6.20. The van der Waals surface area contributed by atoms with Crippen LogP contribution < -0.4 is 9.47 Å². The topological polar surface area (TPSA) is 26.6 Å². The van der Waals surface area contributed by atoms with Gasteiger partial charge in [-0.25, -0.2) is 0 Å². The molecule has 0 amide bonds. The summed E-state index contributed by atoms with van der Waals surface area (Å²) in [5.74, 6) is 1.82. The second-order valence-corrected chi connectivity index (χ2v) is 7.35. The van der Waals surface area contributed by atoms with Gasteiger partial charge in [-0.15, -0.1) is 0 Å². The van der Waals surface area contributed by atoms with E-state index in [0.717, 1.165) is 37.4 Å². The molecule has 1 aromatic heterocycles. The lowest BCUT2D eigenvalue weighted by Crippen LogP contribution is -2.39. The van der Waals surface area contributed by atoms with Gasteiger partial charge in [-0.3, -0.25) is 4.90 Å². The first-order valence-electron chi connectivity index (χ1n) is 9.01. The van der Waals surface area contributed by atoms with E-state index in [2.05, 4.69) is 52.9 Å². The van der Waals surface area contributed by atoms with E-state index in [-0.39, 0.29) is 0 Å². The maximum absolute atomic E-state index is 5.64. The van der Waals surface area contributed by atoms with Gasteiger partial charge in [-0.2, -0.15) is 0 Å². The summed E-state index contributed by atoms with van der Waals surface area (Å²) < 4.78 is 13.6. The normalized spacial score (nSPS) is 21.1. The second-order valence-electron chi connectivity index (χ2n) is 7.35. The van der Waals surface area contributed by atoms with Crippen molar-refractivity contribution in [3.63, 3.8) is 0 Å². The van der Waals surface area contributed by atoms with E-state index in [1.165, 1.54) is 33.3 Å². The van der Waals surface area contributed by atoms with E-state index in [0.29, 0.717) is 12.8 Å². The summed E-state index contributed by atoms with van der Waals surface area (Å²) in [5.41, 5.74) is 7.19. The third kappa shape index (κ3) is 1.80. The van der Waals surface area contributed by atoms with Crippen LogP contribution >= 0.6 is 0 Å². The molecule has 1 atom stereocenters. The predicted molar refractivity (Wildman–Crippen MR) is 96.0 cm³/mol. The molecule has 0 unspecified atom stereocenters. The number of rotatable bonds is 0. The van der Waals surface area contributed by atoms with Gasteiger partial charge in [-0.1, -0.05) is 18.2 Å². The Morgan fingerprint density at radius 2 is 1.92 bits per heavy atom. The zero-order valence-electron chi connectivity index (χ0n) is 14.3. The fourth-order valence-electron chi connectivity index (χ4n) is 4.91. The molecule has 0 aliphatic carbocycles. The van der Waals surface area contributed by atoms with Crippen LogP contribution in [0.1, 0.15) is 28.4 Å². The molecule has 3 aliphatic rings. The number of hydrogen-bond acceptors (Lipinski definition) is 3. The zero-order chi connectivity index (χ0) is 16.5. The molecule has 25 heavy (non-hydrogen) atoms. The summed E-state index contributed by atoms with van der Waals surface area (Å²) in [5, 5.41) is 1.41. The lowest BCUT2D eigenvalue weighted by Gasteiger charge is -2.41. The number of para-hydroxylation sites is 1. The van der Waals surface area contributed by atoms with Crippen molar-refractivity contribution in [2.24, 2.45) is 7.05 Å². The molecule has 0 spiro atoms. The molecule has 4 heterocycles. The Morgan fingerprint density at radius 3 is 2.84 bits per heavy atom. The average molecular weight is 332 g/mol. The average Bonchev–Trinajstić information content (AvgIpc) is 3.22. The van der Waals surface area contributed by atoms with Gasteiger partial charge in [0.15, 0.2) is 11.5 Å². The molecule has 0 saturated carbocycles. The molecule has 3 aliphatic heterocycles. The standard InChI is InChI=1S/C21H20N2O2/c1-22-17-5-3-2-4-14(17)16-9-18-15-10-21-20(24-12-25-21)8-13(15)6-7-23(18)11-19(16)22/h2-5,8,10,18H,6-7,9,11-12H2,1H3/t18-/m0/s1. The largest absolute Gasteiger partial charge is 0.454 e. The lowest BCUT2D eigenvalue weighted by atomic mass is 9.85. The molecular weight excluding hydrogens is 312 g/mol. The van der Waals surface area contributed by atoms with Crippen LogP contribution in [-0.2, 0) is 26.4 Å². The smallest absolute Gasteiger partial charge is 0.231 e. The highest BCUT2D eigenvalue weighted by Crippen LogP contribution is 2.45. The highest BCUT2D eigenvalue weighted by Gasteiger charge is 2.35. The summed E-state index contributed by atoms with van der Waals surface area (Å²) in [7, 11) is 2.21. The Labute approximate surface area is 146 Å². The zero-order valence-corrected chi connectivity index (χ0v) is 14.3. The minimum Gasteiger partial charge on any atom is -0.454 e. The molecule has 4 heteroatoms. The van der Waals surface area contributed by atoms with Crippen LogP contribution in [0.2, 0.25) is 0 Å². The van der Waals surface area contributed by atoms with Gasteiger partial charge in [0.05, 0.1) is 0 Å². The van der Waals surface area contributed by atoms with Gasteiger partial charge in [0.2, 0.25) is 6.79 Å². The van der Waals surface area contributed by atoms with Gasteiger partial charge in [0, 0.05) is 42.8 Å². The van der Waals surface area contributed by atoms with Gasteiger partial charge in [0.25, 0.3) is 0 Å². The Hall–Kier alpha value is -2.46. The summed E-state index contributed by atoms with van der Waals surface area (Å²) in [6.07, 6.45) is 2.16. The molecule has 6 rings (SSSR count). The highest BCUT2D eigenvalue weighted by atomic mass is 16.7. The molecule has 0 N–H and O–H groups in total. The number of benzene rings is 2. The molecule has 0 bridgehead atoms. The highest BCUT2D eigenvalue weighted by molar-refractivity contribution is 5.86. The van der Waals surface area contributed by atoms with E-state index >= 15 is 0 Å². The Bertz CT molecular complexity index is 1020. The fraction of sp³-hybridized carbons (Fsp3) is 0.333. The monoisotopic (exact) mass is 332 g/mol. The fourth-order valence-corrected chi connectivity index (χ4v) is 4.91. The third-order valence-corrected chi connectivity index (χ3v) is 6.20. The molecule has 2 aromatic carbocycles. The van der Waals surface area contributed by atoms with Crippen molar-refractivity contribution >= 4 is 10.9 Å². The van der Waals surface area contributed by atoms with Crippen molar-refractivity contribution < 1.29 is 9.47 Å². The van der Waals surface area contributed by atoms with Crippen LogP contribution in [0.25, 0.3) is 10.9 Å². The van der Waals surface area contributed by atoms with Crippen LogP contribution in [0.5, 0.6) is 11.5 Å². The first-order valence-corrected chi connectivity index (χ1v) is 9.01. The van der Waals surface area contributed by atoms with Crippen molar-refractivity contribution in [2.75, 3.05) is 13.3 Å². The maximum Gasteiger partial charge on any atom is 0.231 e. The lowest BCUT2D eigenvalue weighted by molar-refractivity contribution is 0.157. The van der Waals surface area contributed by atoms with Crippen molar-refractivity contribution in [3.8, 4) is 11.5 Å². The number of aryl methyl sites for hydroxylation is 1. The van der Waals surface area contributed by atoms with Crippen molar-refractivity contribution in [2.45, 2.75) is 25.4 Å². The Kier molecular flexibility index (Phi) is 2.64. The summed E-state index contributed by atoms with van der Waals surface area (Å²) in [6.45, 7) is 2.48. The number of ether oxygens (including phenoxy) is 2. The Morgan fingerprint density at radius 1 is 1.08 bits per heavy atom. The van der Waals surface area contributed by atoms with E-state index in [9.17, 15) is 0 Å². The molecule has 4 nitrogen and oxygen atoms in total. The first-order chi connectivity index (χ1) is 12.3. The number of aromatic nitrogens is 1. The van der Waals surface area contributed by atoms with Crippen molar-refractivity contribution in [1.82, 2.24) is 9.47 Å². The molecule has 126 valence electrons. The maximum atomic E-state index is 5.64. The first kappa shape index (κ1) is 13.8. The van der Waals surface area contributed by atoms with Gasteiger partial charge < -0.3 is 14.0 Å². The predicted octanol–water partition coefficient (Wildman–Crippen LogP) is 3.56. The second kappa shape index (κ2) is 4.79. The van der Waals surface area contributed by atoms with E-state index in [4.69, 9.17) is 9.47 Å².